The van der Waals surface area contributed by atoms with E-state index in [1.807, 2.05) is 39.0 Å². The molecule has 0 heterocycles. The number of hydrogen-bond acceptors (Lipinski definition) is 6. The van der Waals surface area contributed by atoms with Gasteiger partial charge in [0.25, 0.3) is 5.91 Å². The number of aryl methyl sites for hydroxylation is 3. The Hall–Kier alpha value is -4.53. The molecular formula is C34H43N3O6. The van der Waals surface area contributed by atoms with E-state index in [0.717, 1.165) is 11.1 Å². The van der Waals surface area contributed by atoms with E-state index < -0.39 is 35.6 Å². The van der Waals surface area contributed by atoms with Crippen LogP contribution >= 0.6 is 0 Å². The largest absolute Gasteiger partial charge is 0.508 e. The Bertz CT molecular complexity index is 1430. The second-order valence-electron chi connectivity index (χ2n) is 11.8. The Morgan fingerprint density at radius 2 is 1.47 bits per heavy atom. The number of para-hydroxylation sites is 2. The quantitative estimate of drug-likeness (QED) is 0.227. The van der Waals surface area contributed by atoms with Gasteiger partial charge in [0.1, 0.15) is 29.2 Å². The zero-order valence-electron chi connectivity index (χ0n) is 26.0. The van der Waals surface area contributed by atoms with Gasteiger partial charge < -0.3 is 30.5 Å². The maximum Gasteiger partial charge on any atom is 0.408 e. The molecule has 3 aromatic rings. The molecule has 0 aliphatic rings. The number of amides is 3. The van der Waals surface area contributed by atoms with Gasteiger partial charge in [0.2, 0.25) is 5.91 Å². The van der Waals surface area contributed by atoms with Crippen molar-refractivity contribution in [2.45, 2.75) is 79.0 Å². The lowest BCUT2D eigenvalue weighted by atomic mass is 9.97. The Labute approximate surface area is 253 Å². The zero-order valence-corrected chi connectivity index (χ0v) is 26.0. The van der Waals surface area contributed by atoms with Crippen LogP contribution in [-0.4, -0.2) is 51.2 Å². The lowest BCUT2D eigenvalue weighted by Gasteiger charge is -2.35. The molecule has 2 atom stereocenters. The monoisotopic (exact) mass is 589 g/mol. The lowest BCUT2D eigenvalue weighted by Crippen LogP contribution is -2.53. The first-order valence-corrected chi connectivity index (χ1v) is 14.4. The highest BCUT2D eigenvalue weighted by molar-refractivity contribution is 6.00. The van der Waals surface area contributed by atoms with Gasteiger partial charge in [-0.15, -0.1) is 0 Å². The SMILES string of the molecule is CCCN(C(=O)C(Cc1ccc(O)cc1)NC(=O)OC(C)(C)C)C(C(=O)Nc1c(C)cccc1C)c1cccc(C)c1O. The maximum atomic E-state index is 14.5. The predicted octanol–water partition coefficient (Wildman–Crippen LogP) is 6.08. The van der Waals surface area contributed by atoms with E-state index in [0.29, 0.717) is 23.2 Å². The molecular weight excluding hydrogens is 546 g/mol. The molecule has 0 spiro atoms. The van der Waals surface area contributed by atoms with Crippen molar-refractivity contribution in [3.63, 3.8) is 0 Å². The normalized spacial score (nSPS) is 12.6. The minimum Gasteiger partial charge on any atom is -0.508 e. The highest BCUT2D eigenvalue weighted by Crippen LogP contribution is 2.34. The van der Waals surface area contributed by atoms with Crippen LogP contribution in [0.3, 0.4) is 0 Å². The molecule has 9 nitrogen and oxygen atoms in total. The second-order valence-corrected chi connectivity index (χ2v) is 11.8. The van der Waals surface area contributed by atoms with Crippen LogP contribution in [0.15, 0.2) is 60.7 Å². The molecule has 0 aliphatic heterocycles. The standard InChI is InChI=1S/C34H43N3O6/c1-8-19-37(32(41)27(35-33(42)43-34(5,6)7)20-24-15-17-25(38)18-16-24)29(26-14-10-13-23(4)30(26)39)31(40)36-28-21(2)11-9-12-22(28)3/h9-18,27,29,38-39H,8,19-20H2,1-7H3,(H,35,42)(H,36,40). The topological polar surface area (TPSA) is 128 Å². The van der Waals surface area contributed by atoms with Crippen molar-refractivity contribution >= 4 is 23.6 Å². The van der Waals surface area contributed by atoms with Crippen molar-refractivity contribution in [2.24, 2.45) is 0 Å². The van der Waals surface area contributed by atoms with Gasteiger partial charge in [-0.1, -0.05) is 55.5 Å². The van der Waals surface area contributed by atoms with Gasteiger partial charge in [0, 0.05) is 24.2 Å². The molecule has 230 valence electrons. The van der Waals surface area contributed by atoms with Crippen molar-refractivity contribution < 1.29 is 29.3 Å². The summed E-state index contributed by atoms with van der Waals surface area (Å²) in [6, 6.07) is 14.7. The molecule has 3 amide bonds. The summed E-state index contributed by atoms with van der Waals surface area (Å²) in [4.78, 5) is 43.0. The second kappa shape index (κ2) is 14.1. The highest BCUT2D eigenvalue weighted by atomic mass is 16.6. The fraction of sp³-hybridized carbons (Fsp3) is 0.382. The van der Waals surface area contributed by atoms with E-state index in [1.54, 1.807) is 58.0 Å². The molecule has 0 saturated carbocycles. The fourth-order valence-corrected chi connectivity index (χ4v) is 4.88. The summed E-state index contributed by atoms with van der Waals surface area (Å²) < 4.78 is 5.47. The number of ether oxygens (including phenoxy) is 1. The first-order chi connectivity index (χ1) is 20.2. The number of rotatable bonds is 10. The van der Waals surface area contributed by atoms with Crippen molar-refractivity contribution in [1.82, 2.24) is 10.2 Å². The molecule has 0 fully saturated rings. The number of phenolic OH excluding ortho intramolecular Hbond substituents is 2. The van der Waals surface area contributed by atoms with Crippen LogP contribution in [0.2, 0.25) is 0 Å². The third-order valence-corrected chi connectivity index (χ3v) is 6.97. The Kier molecular flexibility index (Phi) is 10.8. The molecule has 3 rings (SSSR count). The number of anilines is 1. The Morgan fingerprint density at radius 1 is 0.884 bits per heavy atom. The van der Waals surface area contributed by atoms with Crippen LogP contribution in [0.4, 0.5) is 10.5 Å². The van der Waals surface area contributed by atoms with Crippen LogP contribution in [0.5, 0.6) is 11.5 Å². The number of aromatic hydroxyl groups is 2. The molecule has 43 heavy (non-hydrogen) atoms. The highest BCUT2D eigenvalue weighted by Gasteiger charge is 2.37. The summed E-state index contributed by atoms with van der Waals surface area (Å²) >= 11 is 0. The van der Waals surface area contributed by atoms with Crippen LogP contribution in [-0.2, 0) is 20.7 Å². The van der Waals surface area contributed by atoms with Gasteiger partial charge in [-0.2, -0.15) is 0 Å². The number of nitrogens with one attached hydrogen (secondary N) is 2. The minimum atomic E-state index is -1.21. The van der Waals surface area contributed by atoms with E-state index in [9.17, 15) is 24.6 Å². The van der Waals surface area contributed by atoms with Crippen molar-refractivity contribution in [3.8, 4) is 11.5 Å². The zero-order chi connectivity index (χ0) is 31.9. The third-order valence-electron chi connectivity index (χ3n) is 6.97. The third kappa shape index (κ3) is 8.73. The van der Waals surface area contributed by atoms with Crippen LogP contribution in [0, 0.1) is 20.8 Å². The van der Waals surface area contributed by atoms with Crippen LogP contribution in [0.1, 0.15) is 68.0 Å². The first kappa shape index (κ1) is 33.0. The summed E-state index contributed by atoms with van der Waals surface area (Å²) in [7, 11) is 0. The van der Waals surface area contributed by atoms with Crippen molar-refractivity contribution in [2.75, 3.05) is 11.9 Å². The van der Waals surface area contributed by atoms with E-state index in [4.69, 9.17) is 4.74 Å². The molecule has 0 aromatic heterocycles. The number of nitrogens with zero attached hydrogens (tertiary/aromatic N) is 1. The van der Waals surface area contributed by atoms with E-state index in [2.05, 4.69) is 10.6 Å². The van der Waals surface area contributed by atoms with E-state index >= 15 is 0 Å². The predicted molar refractivity (Wildman–Crippen MR) is 167 cm³/mol. The summed E-state index contributed by atoms with van der Waals surface area (Å²) in [6.45, 7) is 12.7. The number of phenols is 2. The van der Waals surface area contributed by atoms with Crippen LogP contribution < -0.4 is 10.6 Å². The molecule has 0 saturated heterocycles. The molecule has 0 bridgehead atoms. The van der Waals surface area contributed by atoms with E-state index in [1.165, 1.54) is 17.0 Å². The average Bonchev–Trinajstić information content (AvgIpc) is 2.92. The number of alkyl carbamates (subject to hydrolysis) is 1. The first-order valence-electron chi connectivity index (χ1n) is 14.4. The Balaban J connectivity index is 2.11. The number of hydrogen-bond donors (Lipinski definition) is 4. The number of benzene rings is 3. The van der Waals surface area contributed by atoms with Crippen LogP contribution in [0.25, 0.3) is 0 Å². The van der Waals surface area contributed by atoms with E-state index in [-0.39, 0.29) is 30.0 Å². The Morgan fingerprint density at radius 3 is 2.05 bits per heavy atom. The van der Waals surface area contributed by atoms with Gasteiger partial charge in [-0.05, 0) is 82.3 Å². The molecule has 0 radical (unpaired) electrons. The maximum absolute atomic E-state index is 14.5. The summed E-state index contributed by atoms with van der Waals surface area (Å²) in [5, 5.41) is 26.6. The fourth-order valence-electron chi connectivity index (χ4n) is 4.88. The molecule has 3 aromatic carbocycles. The lowest BCUT2D eigenvalue weighted by molar-refractivity contribution is -0.140. The molecule has 9 heteroatoms. The molecule has 4 N–H and O–H groups in total. The molecule has 0 aliphatic carbocycles. The molecule has 2 unspecified atom stereocenters. The number of carbonyl (C=O) groups excluding carboxylic acids is 3. The summed E-state index contributed by atoms with van der Waals surface area (Å²) in [6.07, 6.45) is -0.205. The number of carbonyl (C=O) groups is 3. The van der Waals surface area contributed by atoms with Gasteiger partial charge in [0.15, 0.2) is 0 Å². The van der Waals surface area contributed by atoms with Gasteiger partial charge >= 0.3 is 6.09 Å². The minimum absolute atomic E-state index is 0.0671. The van der Waals surface area contributed by atoms with Gasteiger partial charge in [-0.25, -0.2) is 4.79 Å². The average molecular weight is 590 g/mol. The van der Waals surface area contributed by atoms with Crippen molar-refractivity contribution in [3.05, 3.63) is 88.5 Å². The summed E-state index contributed by atoms with van der Waals surface area (Å²) in [5.74, 6) is -1.05. The van der Waals surface area contributed by atoms with Crippen molar-refractivity contribution in [1.29, 1.82) is 0 Å². The summed E-state index contributed by atoms with van der Waals surface area (Å²) in [5.41, 5.74) is 3.03. The van der Waals surface area contributed by atoms with Gasteiger partial charge in [0.05, 0.1) is 0 Å². The van der Waals surface area contributed by atoms with Gasteiger partial charge in [-0.3, -0.25) is 9.59 Å². The smallest absolute Gasteiger partial charge is 0.408 e.